The first-order valence-electron chi connectivity index (χ1n) is 14.8. The molecule has 10 nitrogen and oxygen atoms in total. The highest BCUT2D eigenvalue weighted by Crippen LogP contribution is 2.38. The summed E-state index contributed by atoms with van der Waals surface area (Å²) in [4.78, 5) is 16.3. The van der Waals surface area contributed by atoms with Crippen molar-refractivity contribution in [2.24, 2.45) is 0 Å². The molecule has 0 bridgehead atoms. The summed E-state index contributed by atoms with van der Waals surface area (Å²) in [6, 6.07) is 12.9. The summed E-state index contributed by atoms with van der Waals surface area (Å²) in [6.45, 7) is -0.659. The summed E-state index contributed by atoms with van der Waals surface area (Å²) in [5.74, 6) is -5.01. The van der Waals surface area contributed by atoms with Crippen LogP contribution in [-0.2, 0) is 14.3 Å². The van der Waals surface area contributed by atoms with Gasteiger partial charge in [0.2, 0.25) is 0 Å². The minimum atomic E-state index is -1.63. The minimum Gasteiger partial charge on any atom is -0.394 e. The fraction of sp³-hybridized carbons (Fsp3) is 0.406. The molecule has 0 unspecified atom stereocenters. The average molecular weight is 627 g/mol. The summed E-state index contributed by atoms with van der Waals surface area (Å²) < 4.78 is 54.5. The largest absolute Gasteiger partial charge is 0.394 e. The van der Waals surface area contributed by atoms with Gasteiger partial charge in [0.15, 0.2) is 23.6 Å². The second-order valence-electron chi connectivity index (χ2n) is 11.4. The number of aliphatic hydroxyl groups excluding tert-OH is 3. The van der Waals surface area contributed by atoms with Crippen molar-refractivity contribution < 1.29 is 42.8 Å². The van der Waals surface area contributed by atoms with E-state index >= 15 is 0 Å². The van der Waals surface area contributed by atoms with Gasteiger partial charge in [0.25, 0.3) is 5.91 Å². The number of nitrogens with zero attached hydrogens (tertiary/aromatic N) is 4. The van der Waals surface area contributed by atoms with E-state index in [1.54, 1.807) is 11.0 Å². The van der Waals surface area contributed by atoms with Crippen LogP contribution in [0.5, 0.6) is 0 Å². The molecule has 238 valence electrons. The summed E-state index contributed by atoms with van der Waals surface area (Å²) in [7, 11) is 1.33. The number of carbonyl (C=O) groups is 1. The van der Waals surface area contributed by atoms with Crippen molar-refractivity contribution in [3.8, 4) is 11.3 Å². The molecule has 3 N–H and O–H groups in total. The maximum Gasteiger partial charge on any atom is 0.259 e. The molecule has 1 saturated carbocycles. The van der Waals surface area contributed by atoms with Gasteiger partial charge in [-0.2, -0.15) is 0 Å². The van der Waals surface area contributed by atoms with Gasteiger partial charge in [0.1, 0.15) is 30.0 Å². The number of anilines is 1. The number of halogens is 3. The molecule has 0 spiro atoms. The van der Waals surface area contributed by atoms with Gasteiger partial charge in [-0.05, 0) is 36.4 Å². The number of aliphatic hydroxyl groups is 3. The molecule has 1 aromatic heterocycles. The van der Waals surface area contributed by atoms with Gasteiger partial charge >= 0.3 is 0 Å². The van der Waals surface area contributed by atoms with E-state index in [9.17, 15) is 33.3 Å². The zero-order valence-electron chi connectivity index (χ0n) is 24.3. The predicted molar refractivity (Wildman–Crippen MR) is 157 cm³/mol. The third-order valence-electron chi connectivity index (χ3n) is 8.77. The first-order chi connectivity index (χ1) is 21.7. The zero-order valence-corrected chi connectivity index (χ0v) is 24.3. The zero-order chi connectivity index (χ0) is 31.8. The maximum absolute atomic E-state index is 14.7. The minimum absolute atomic E-state index is 0.0347. The quantitative estimate of drug-likeness (QED) is 0.266. The third kappa shape index (κ3) is 5.70. The lowest BCUT2D eigenvalue weighted by Gasteiger charge is -2.46. The van der Waals surface area contributed by atoms with Crippen molar-refractivity contribution in [2.45, 2.75) is 68.3 Å². The molecule has 1 saturated heterocycles. The van der Waals surface area contributed by atoms with Crippen molar-refractivity contribution in [3.05, 3.63) is 78.2 Å². The van der Waals surface area contributed by atoms with Crippen LogP contribution in [0, 0.1) is 17.5 Å². The Morgan fingerprint density at radius 3 is 2.49 bits per heavy atom. The van der Waals surface area contributed by atoms with Gasteiger partial charge in [0.05, 0.1) is 30.6 Å². The molecule has 2 heterocycles. The highest BCUT2D eigenvalue weighted by molar-refractivity contribution is 6.06. The van der Waals surface area contributed by atoms with Gasteiger partial charge in [-0.15, -0.1) is 5.10 Å². The van der Waals surface area contributed by atoms with E-state index in [2.05, 4.69) is 10.3 Å². The van der Waals surface area contributed by atoms with Gasteiger partial charge in [-0.1, -0.05) is 54.5 Å². The lowest BCUT2D eigenvalue weighted by atomic mass is 9.88. The van der Waals surface area contributed by atoms with Crippen molar-refractivity contribution in [2.75, 3.05) is 18.6 Å². The molecule has 3 aromatic carbocycles. The normalized spacial score (nSPS) is 27.0. The van der Waals surface area contributed by atoms with Crippen LogP contribution in [0.1, 0.15) is 31.7 Å². The van der Waals surface area contributed by atoms with Crippen molar-refractivity contribution in [1.29, 1.82) is 0 Å². The van der Waals surface area contributed by atoms with E-state index in [-0.39, 0.29) is 11.3 Å². The van der Waals surface area contributed by atoms with Crippen LogP contribution in [0.25, 0.3) is 22.0 Å². The van der Waals surface area contributed by atoms with Crippen LogP contribution >= 0.6 is 0 Å². The molecule has 2 fully saturated rings. The summed E-state index contributed by atoms with van der Waals surface area (Å²) in [5, 5.41) is 42.3. The van der Waals surface area contributed by atoms with E-state index in [0.29, 0.717) is 18.5 Å². The van der Waals surface area contributed by atoms with E-state index in [1.165, 1.54) is 18.0 Å². The van der Waals surface area contributed by atoms with E-state index in [1.807, 2.05) is 36.4 Å². The molecule has 7 atom stereocenters. The summed E-state index contributed by atoms with van der Waals surface area (Å²) in [5.41, 5.74) is 0.425. The number of benzene rings is 3. The van der Waals surface area contributed by atoms with Gasteiger partial charge < -0.3 is 29.7 Å². The molecule has 4 aromatic rings. The lowest BCUT2D eigenvalue weighted by Crippen LogP contribution is -2.63. The third-order valence-corrected chi connectivity index (χ3v) is 8.77. The van der Waals surface area contributed by atoms with Crippen LogP contribution in [0.2, 0.25) is 0 Å². The lowest BCUT2D eigenvalue weighted by molar-refractivity contribution is -0.211. The first-order valence-corrected chi connectivity index (χ1v) is 14.8. The molecule has 6 rings (SSSR count). The van der Waals surface area contributed by atoms with E-state index < -0.39 is 72.6 Å². The SMILES string of the molecule is CO[C@@H]1[C@@H](n2cc(-c3cc(F)c(F)c(F)c3)nn2)[C@@H](O)[C@@H](CO)O[C@H]1C(=O)N(c1cccc2ccccc12)[C@H]1CCCC[C@@H]1O. The summed E-state index contributed by atoms with van der Waals surface area (Å²) >= 11 is 0. The van der Waals surface area contributed by atoms with Crippen LogP contribution in [-0.4, -0.2) is 86.5 Å². The molecule has 1 amide bonds. The van der Waals surface area contributed by atoms with E-state index in [4.69, 9.17) is 9.47 Å². The first kappa shape index (κ1) is 31.1. The monoisotopic (exact) mass is 626 g/mol. The molecule has 13 heteroatoms. The van der Waals surface area contributed by atoms with Crippen LogP contribution in [0.4, 0.5) is 18.9 Å². The van der Waals surface area contributed by atoms with Crippen LogP contribution in [0.3, 0.4) is 0 Å². The Kier molecular flexibility index (Phi) is 8.89. The Balaban J connectivity index is 1.42. The van der Waals surface area contributed by atoms with Crippen LogP contribution in [0.15, 0.2) is 60.8 Å². The predicted octanol–water partition coefficient (Wildman–Crippen LogP) is 3.53. The standard InChI is InChI=1S/C32H33F3N4O6/c1-44-30-28(38-15-22(36-37-38)18-13-20(33)27(35)21(34)14-18)29(42)26(16-40)45-31(30)32(43)39(24-10-4-5-12-25(24)41)23-11-6-8-17-7-2-3-9-19(17)23/h2-3,6-9,11,13-15,24-26,28-31,40-42H,4-5,10,12,16H2,1H3/t24-,25-,26+,28-,29-,30+,31+/m0/s1. The molecule has 45 heavy (non-hydrogen) atoms. The molecular formula is C32H33F3N4O6. The number of hydrogen-bond acceptors (Lipinski definition) is 8. The highest BCUT2D eigenvalue weighted by Gasteiger charge is 2.52. The van der Waals surface area contributed by atoms with Crippen molar-refractivity contribution >= 4 is 22.4 Å². The number of fused-ring (bicyclic) bond motifs is 1. The van der Waals surface area contributed by atoms with Crippen molar-refractivity contribution in [1.82, 2.24) is 15.0 Å². The van der Waals surface area contributed by atoms with Crippen molar-refractivity contribution in [3.63, 3.8) is 0 Å². The number of hydrogen-bond donors (Lipinski definition) is 3. The van der Waals surface area contributed by atoms with E-state index in [0.717, 1.165) is 35.7 Å². The Labute approximate surface area is 256 Å². The number of ether oxygens (including phenoxy) is 2. The Morgan fingerprint density at radius 2 is 1.78 bits per heavy atom. The number of amides is 1. The second kappa shape index (κ2) is 12.9. The van der Waals surface area contributed by atoms with Gasteiger partial charge in [-0.3, -0.25) is 4.79 Å². The van der Waals surface area contributed by atoms with Crippen LogP contribution < -0.4 is 4.90 Å². The summed E-state index contributed by atoms with van der Waals surface area (Å²) in [6.07, 6.45) is -2.17. The number of carbonyl (C=O) groups excluding carboxylic acids is 1. The smallest absolute Gasteiger partial charge is 0.259 e. The highest BCUT2D eigenvalue weighted by atomic mass is 19.2. The Morgan fingerprint density at radius 1 is 1.07 bits per heavy atom. The second-order valence-corrected chi connectivity index (χ2v) is 11.4. The molecule has 1 aliphatic carbocycles. The Bertz CT molecular complexity index is 1660. The molecule has 0 radical (unpaired) electrons. The average Bonchev–Trinajstić information content (AvgIpc) is 3.54. The molecule has 1 aliphatic heterocycles. The van der Waals surface area contributed by atoms with Gasteiger partial charge in [0, 0.05) is 18.1 Å². The fourth-order valence-corrected chi connectivity index (χ4v) is 6.53. The molecule has 2 aliphatic rings. The fourth-order valence-electron chi connectivity index (χ4n) is 6.53. The molecular weight excluding hydrogens is 593 g/mol. The van der Waals surface area contributed by atoms with Gasteiger partial charge in [-0.25, -0.2) is 17.9 Å². The topological polar surface area (TPSA) is 130 Å². The number of methoxy groups -OCH3 is 1. The number of aromatic nitrogens is 3. The Hall–Kier alpha value is -3.88. The number of rotatable bonds is 7. The maximum atomic E-state index is 14.7.